The van der Waals surface area contributed by atoms with Crippen LogP contribution in [0.3, 0.4) is 0 Å². The third kappa shape index (κ3) is 5.00. The predicted octanol–water partition coefficient (Wildman–Crippen LogP) is 4.01. The van der Waals surface area contributed by atoms with Crippen LogP contribution in [0.25, 0.3) is 0 Å². The number of hydrogen-bond acceptors (Lipinski definition) is 4. The Bertz CT molecular complexity index is 840. The van der Waals surface area contributed by atoms with Gasteiger partial charge in [0.25, 0.3) is 0 Å². The Kier molecular flexibility index (Phi) is 5.60. The molecule has 25 heavy (non-hydrogen) atoms. The van der Waals surface area contributed by atoms with E-state index in [9.17, 15) is 8.42 Å². The van der Waals surface area contributed by atoms with Gasteiger partial charge in [-0.3, -0.25) is 0 Å². The van der Waals surface area contributed by atoms with Gasteiger partial charge in [-0.15, -0.1) is 0 Å². The lowest BCUT2D eigenvalue weighted by Crippen LogP contribution is -2.27. The topological polar surface area (TPSA) is 46.6 Å². The number of hydrogen-bond donors (Lipinski definition) is 0. The van der Waals surface area contributed by atoms with Gasteiger partial charge in [0.1, 0.15) is 0 Å². The first-order chi connectivity index (χ1) is 12.1. The second-order valence-electron chi connectivity index (χ2n) is 5.61. The minimum atomic E-state index is -3.87. The molecular formula is C20H19NO3S. The Morgan fingerprint density at radius 3 is 1.48 bits per heavy atom. The highest BCUT2D eigenvalue weighted by molar-refractivity contribution is 7.86. The van der Waals surface area contributed by atoms with Crippen LogP contribution < -0.4 is 0 Å². The standard InChI is InChI=1S/C20H19NO3S/c22-25(23,20-14-8-3-9-15-20)24-21(16-18-10-4-1-5-11-18)17-19-12-6-2-7-13-19/h1-15H,16-17H2. The molecule has 0 radical (unpaired) electrons. The molecule has 4 nitrogen and oxygen atoms in total. The minimum absolute atomic E-state index is 0.140. The molecule has 5 heteroatoms. The van der Waals surface area contributed by atoms with E-state index in [4.69, 9.17) is 4.28 Å². The normalized spacial score (nSPS) is 11.6. The average Bonchev–Trinajstić information content (AvgIpc) is 2.64. The first-order valence-electron chi connectivity index (χ1n) is 7.96. The molecule has 3 aromatic rings. The van der Waals surface area contributed by atoms with Crippen molar-refractivity contribution in [3.63, 3.8) is 0 Å². The van der Waals surface area contributed by atoms with Gasteiger partial charge in [-0.2, -0.15) is 17.8 Å². The van der Waals surface area contributed by atoms with E-state index in [1.165, 1.54) is 17.2 Å². The predicted molar refractivity (Wildman–Crippen MR) is 96.8 cm³/mol. The lowest BCUT2D eigenvalue weighted by atomic mass is 10.2. The van der Waals surface area contributed by atoms with Crippen molar-refractivity contribution in [2.24, 2.45) is 0 Å². The summed E-state index contributed by atoms with van der Waals surface area (Å²) in [4.78, 5) is 0.140. The summed E-state index contributed by atoms with van der Waals surface area (Å²) in [7, 11) is -3.87. The van der Waals surface area contributed by atoms with Gasteiger partial charge in [-0.25, -0.2) is 0 Å². The molecule has 128 valence electrons. The van der Waals surface area contributed by atoms with Crippen LogP contribution >= 0.6 is 0 Å². The SMILES string of the molecule is O=S(=O)(ON(Cc1ccccc1)Cc1ccccc1)c1ccccc1. The van der Waals surface area contributed by atoms with Crippen LogP contribution in [-0.2, 0) is 27.5 Å². The molecule has 0 atom stereocenters. The molecule has 0 saturated heterocycles. The van der Waals surface area contributed by atoms with Gasteiger partial charge in [0, 0.05) is 0 Å². The van der Waals surface area contributed by atoms with Crippen molar-refractivity contribution in [3.8, 4) is 0 Å². The summed E-state index contributed by atoms with van der Waals surface area (Å²) in [6.45, 7) is 0.726. The molecule has 0 fully saturated rings. The maximum absolute atomic E-state index is 12.6. The van der Waals surface area contributed by atoms with Crippen molar-refractivity contribution in [2.75, 3.05) is 0 Å². The van der Waals surface area contributed by atoms with E-state index in [1.807, 2.05) is 60.7 Å². The second kappa shape index (κ2) is 8.07. The van der Waals surface area contributed by atoms with E-state index in [1.54, 1.807) is 18.2 Å². The van der Waals surface area contributed by atoms with E-state index in [2.05, 4.69) is 0 Å². The highest BCUT2D eigenvalue weighted by atomic mass is 32.2. The van der Waals surface area contributed by atoms with Gasteiger partial charge in [0.2, 0.25) is 0 Å². The lowest BCUT2D eigenvalue weighted by Gasteiger charge is -2.21. The summed E-state index contributed by atoms with van der Waals surface area (Å²) in [5, 5.41) is 1.47. The molecule has 0 aromatic heterocycles. The Balaban J connectivity index is 1.83. The molecule has 0 bridgehead atoms. The molecule has 0 N–H and O–H groups in total. The highest BCUT2D eigenvalue weighted by Gasteiger charge is 2.20. The van der Waals surface area contributed by atoms with Gasteiger partial charge in [0.15, 0.2) is 0 Å². The third-order valence-electron chi connectivity index (χ3n) is 3.64. The van der Waals surface area contributed by atoms with Crippen LogP contribution in [0.5, 0.6) is 0 Å². The average molecular weight is 353 g/mol. The molecule has 0 aliphatic heterocycles. The largest absolute Gasteiger partial charge is 0.313 e. The smallest absolute Gasteiger partial charge is 0.192 e. The zero-order chi connectivity index (χ0) is 17.5. The van der Waals surface area contributed by atoms with Gasteiger partial charge in [-0.05, 0) is 23.3 Å². The van der Waals surface area contributed by atoms with Crippen LogP contribution in [-0.4, -0.2) is 13.5 Å². The van der Waals surface area contributed by atoms with Gasteiger partial charge < -0.3 is 0 Å². The van der Waals surface area contributed by atoms with E-state index in [0.29, 0.717) is 13.1 Å². The third-order valence-corrected chi connectivity index (χ3v) is 4.90. The van der Waals surface area contributed by atoms with E-state index in [-0.39, 0.29) is 4.90 Å². The summed E-state index contributed by atoms with van der Waals surface area (Å²) in [5.74, 6) is 0. The number of rotatable bonds is 7. The van der Waals surface area contributed by atoms with Crippen molar-refractivity contribution in [1.82, 2.24) is 5.06 Å². The molecule has 0 unspecified atom stereocenters. The van der Waals surface area contributed by atoms with Crippen molar-refractivity contribution in [1.29, 1.82) is 0 Å². The number of benzene rings is 3. The molecule has 3 aromatic carbocycles. The van der Waals surface area contributed by atoms with Crippen LogP contribution in [0.15, 0.2) is 95.9 Å². The second-order valence-corrected chi connectivity index (χ2v) is 7.14. The van der Waals surface area contributed by atoms with Crippen molar-refractivity contribution >= 4 is 10.1 Å². The molecule has 0 heterocycles. The fourth-order valence-electron chi connectivity index (χ4n) is 2.45. The first kappa shape index (κ1) is 17.4. The Labute approximate surface area is 148 Å². The summed E-state index contributed by atoms with van der Waals surface area (Å²) in [5.41, 5.74) is 1.95. The summed E-state index contributed by atoms with van der Waals surface area (Å²) >= 11 is 0. The number of nitrogens with zero attached hydrogens (tertiary/aromatic N) is 1. The Morgan fingerprint density at radius 2 is 1.04 bits per heavy atom. The van der Waals surface area contributed by atoms with Gasteiger partial charge in [-0.1, -0.05) is 78.9 Å². The molecular weight excluding hydrogens is 334 g/mol. The van der Waals surface area contributed by atoms with Crippen LogP contribution in [0.1, 0.15) is 11.1 Å². The van der Waals surface area contributed by atoms with E-state index < -0.39 is 10.1 Å². The van der Waals surface area contributed by atoms with E-state index >= 15 is 0 Å². The van der Waals surface area contributed by atoms with Crippen LogP contribution in [0.4, 0.5) is 0 Å². The van der Waals surface area contributed by atoms with Crippen molar-refractivity contribution < 1.29 is 12.7 Å². The maximum atomic E-state index is 12.6. The van der Waals surface area contributed by atoms with Crippen molar-refractivity contribution in [3.05, 3.63) is 102 Å². The van der Waals surface area contributed by atoms with Crippen LogP contribution in [0.2, 0.25) is 0 Å². The van der Waals surface area contributed by atoms with Gasteiger partial charge >= 0.3 is 10.1 Å². The summed E-state index contributed by atoms with van der Waals surface area (Å²) in [6.07, 6.45) is 0. The maximum Gasteiger partial charge on any atom is 0.313 e. The molecule has 3 rings (SSSR count). The van der Waals surface area contributed by atoms with Crippen LogP contribution in [0, 0.1) is 0 Å². The Hall–Kier alpha value is -2.47. The number of hydroxylamine groups is 2. The summed E-state index contributed by atoms with van der Waals surface area (Å²) in [6, 6.07) is 27.5. The molecule has 0 aliphatic carbocycles. The summed E-state index contributed by atoms with van der Waals surface area (Å²) < 4.78 is 30.6. The highest BCUT2D eigenvalue weighted by Crippen LogP contribution is 2.17. The molecule has 0 aliphatic rings. The first-order valence-corrected chi connectivity index (χ1v) is 9.37. The zero-order valence-corrected chi connectivity index (χ0v) is 14.5. The fraction of sp³-hybridized carbons (Fsp3) is 0.100. The molecule has 0 spiro atoms. The van der Waals surface area contributed by atoms with Crippen molar-refractivity contribution in [2.45, 2.75) is 18.0 Å². The minimum Gasteiger partial charge on any atom is -0.192 e. The Morgan fingerprint density at radius 1 is 0.640 bits per heavy atom. The quantitative estimate of drug-likeness (QED) is 0.602. The molecule has 0 saturated carbocycles. The molecule has 0 amide bonds. The zero-order valence-electron chi connectivity index (χ0n) is 13.7. The lowest BCUT2D eigenvalue weighted by molar-refractivity contribution is -0.0689. The monoisotopic (exact) mass is 353 g/mol. The fourth-order valence-corrected chi connectivity index (χ4v) is 3.41. The van der Waals surface area contributed by atoms with E-state index in [0.717, 1.165) is 11.1 Å². The van der Waals surface area contributed by atoms with Gasteiger partial charge in [0.05, 0.1) is 18.0 Å².